The maximum Gasteiger partial charge on any atom is 0.430 e. The van der Waals surface area contributed by atoms with E-state index in [4.69, 9.17) is 14.2 Å². The molecule has 0 radical (unpaired) electrons. The number of benzene rings is 2. The van der Waals surface area contributed by atoms with Gasteiger partial charge in [-0.25, -0.2) is 9.79 Å². The van der Waals surface area contributed by atoms with Crippen LogP contribution in [0.5, 0.6) is 5.75 Å². The first-order valence-corrected chi connectivity index (χ1v) is 12.4. The molecule has 1 aliphatic rings. The van der Waals surface area contributed by atoms with Gasteiger partial charge in [0, 0.05) is 25.5 Å². The molecule has 0 fully saturated rings. The maximum atomic E-state index is 13.9. The molecule has 0 aliphatic carbocycles. The number of ether oxygens (including phenoxy) is 4. The van der Waals surface area contributed by atoms with Crippen LogP contribution in [0.25, 0.3) is 0 Å². The van der Waals surface area contributed by atoms with Gasteiger partial charge in [-0.05, 0) is 38.0 Å². The van der Waals surface area contributed by atoms with Crippen molar-refractivity contribution < 1.29 is 46.5 Å². The number of methoxy groups -OCH3 is 1. The van der Waals surface area contributed by atoms with Gasteiger partial charge >= 0.3 is 24.2 Å². The van der Waals surface area contributed by atoms with E-state index in [1.165, 1.54) is 24.0 Å². The molecule has 12 heteroatoms. The fraction of sp³-hybridized carbons (Fsp3) is 0.429. The summed E-state index contributed by atoms with van der Waals surface area (Å²) >= 11 is 0. The van der Waals surface area contributed by atoms with Crippen molar-refractivity contribution in [2.24, 2.45) is 4.99 Å². The van der Waals surface area contributed by atoms with Gasteiger partial charge in [0.05, 0.1) is 25.8 Å². The molecule has 1 aliphatic heterocycles. The Hall–Kier alpha value is -4.09. The van der Waals surface area contributed by atoms with Crippen molar-refractivity contribution in [1.82, 2.24) is 0 Å². The van der Waals surface area contributed by atoms with Crippen LogP contribution in [0.1, 0.15) is 51.2 Å². The lowest BCUT2D eigenvalue weighted by atomic mass is 10.0. The molecule has 1 heterocycles. The Morgan fingerprint density at radius 1 is 1.07 bits per heavy atom. The Labute approximate surface area is 229 Å². The predicted molar refractivity (Wildman–Crippen MR) is 140 cm³/mol. The quantitative estimate of drug-likeness (QED) is 0.225. The number of hydrogen-bond acceptors (Lipinski definition) is 8. The lowest BCUT2D eigenvalue weighted by Crippen LogP contribution is -2.36. The highest BCUT2D eigenvalue weighted by molar-refractivity contribution is 6.03. The number of anilines is 1. The molecule has 0 bridgehead atoms. The zero-order chi connectivity index (χ0) is 29.7. The van der Waals surface area contributed by atoms with E-state index in [1.54, 1.807) is 51.1 Å². The Morgan fingerprint density at radius 2 is 1.75 bits per heavy atom. The fourth-order valence-corrected chi connectivity index (χ4v) is 3.90. The third-order valence-electron chi connectivity index (χ3n) is 5.70. The first kappa shape index (κ1) is 30.5. The number of amides is 1. The summed E-state index contributed by atoms with van der Waals surface area (Å²) in [6.45, 7) is 6.21. The SMILES string of the molecule is COC(=O)CC(=Nc1cc2c(cc1OCc1ccccc1)N(C(=O)OC(C)(C)C)C[C@H]2COC(C)=O)C(F)(F)F. The number of alkyl halides is 3. The third kappa shape index (κ3) is 8.20. The zero-order valence-corrected chi connectivity index (χ0v) is 22.8. The van der Waals surface area contributed by atoms with Crippen LogP contribution >= 0.6 is 0 Å². The van der Waals surface area contributed by atoms with Crippen molar-refractivity contribution >= 4 is 35.1 Å². The monoisotopic (exact) mass is 564 g/mol. The molecular formula is C28H31F3N2O7. The fourth-order valence-electron chi connectivity index (χ4n) is 3.90. The number of rotatable bonds is 8. The second-order valence-corrected chi connectivity index (χ2v) is 10.1. The van der Waals surface area contributed by atoms with Crippen molar-refractivity contribution in [2.75, 3.05) is 25.2 Å². The number of carbonyl (C=O) groups excluding carboxylic acids is 3. The van der Waals surface area contributed by atoms with Crippen molar-refractivity contribution in [3.8, 4) is 5.75 Å². The molecule has 0 saturated carbocycles. The van der Waals surface area contributed by atoms with Crippen molar-refractivity contribution in [2.45, 2.75) is 58.4 Å². The Kier molecular flexibility index (Phi) is 9.44. The van der Waals surface area contributed by atoms with Crippen LogP contribution in [0.3, 0.4) is 0 Å². The van der Waals surface area contributed by atoms with Gasteiger partial charge in [-0.3, -0.25) is 14.5 Å². The van der Waals surface area contributed by atoms with Crippen LogP contribution in [-0.2, 0) is 30.4 Å². The molecule has 0 spiro atoms. The summed E-state index contributed by atoms with van der Waals surface area (Å²) in [5.74, 6) is -2.32. The third-order valence-corrected chi connectivity index (χ3v) is 5.70. The van der Waals surface area contributed by atoms with E-state index in [-0.39, 0.29) is 31.2 Å². The minimum absolute atomic E-state index is 0.0101. The van der Waals surface area contributed by atoms with Crippen LogP contribution in [0, 0.1) is 0 Å². The first-order valence-electron chi connectivity index (χ1n) is 12.4. The topological polar surface area (TPSA) is 104 Å². The summed E-state index contributed by atoms with van der Waals surface area (Å²) in [6.07, 6.45) is -6.74. The molecule has 1 atom stereocenters. The molecule has 40 heavy (non-hydrogen) atoms. The molecular weight excluding hydrogens is 533 g/mol. The predicted octanol–water partition coefficient (Wildman–Crippen LogP) is 5.87. The summed E-state index contributed by atoms with van der Waals surface area (Å²) in [5.41, 5.74) is -0.975. The van der Waals surface area contributed by atoms with Gasteiger partial charge in [0.2, 0.25) is 0 Å². The van der Waals surface area contributed by atoms with Gasteiger partial charge in [-0.15, -0.1) is 0 Å². The van der Waals surface area contributed by atoms with E-state index >= 15 is 0 Å². The smallest absolute Gasteiger partial charge is 0.430 e. The number of esters is 2. The van der Waals surface area contributed by atoms with E-state index in [2.05, 4.69) is 9.73 Å². The van der Waals surface area contributed by atoms with E-state index in [0.29, 0.717) is 11.3 Å². The highest BCUT2D eigenvalue weighted by atomic mass is 19.4. The van der Waals surface area contributed by atoms with Crippen LogP contribution in [0.15, 0.2) is 47.5 Å². The molecule has 3 rings (SSSR count). The van der Waals surface area contributed by atoms with Gasteiger partial charge in [0.1, 0.15) is 29.4 Å². The summed E-state index contributed by atoms with van der Waals surface area (Å²) in [4.78, 5) is 41.4. The standard InChI is InChI=1S/C28H31F3N2O7/c1-17(34)38-16-19-14-33(26(36)40-27(2,3)4)22-12-23(39-15-18-9-7-6-8-10-18)21(11-20(19)22)32-24(28(29,30)31)13-25(35)37-5/h6-12,19H,13-16H2,1-5H3/t19-/m0/s1. The molecule has 0 N–H and O–H groups in total. The summed E-state index contributed by atoms with van der Waals surface area (Å²) < 4.78 is 62.6. The number of fused-ring (bicyclic) bond motifs is 1. The van der Waals surface area contributed by atoms with E-state index in [1.807, 2.05) is 0 Å². The minimum Gasteiger partial charge on any atom is -0.487 e. The largest absolute Gasteiger partial charge is 0.487 e. The van der Waals surface area contributed by atoms with E-state index < -0.39 is 47.9 Å². The summed E-state index contributed by atoms with van der Waals surface area (Å²) in [7, 11) is 0.977. The van der Waals surface area contributed by atoms with Crippen molar-refractivity contribution in [3.05, 3.63) is 53.6 Å². The lowest BCUT2D eigenvalue weighted by Gasteiger charge is -2.25. The molecule has 2 aromatic carbocycles. The average molecular weight is 565 g/mol. The van der Waals surface area contributed by atoms with Gasteiger partial charge in [-0.1, -0.05) is 30.3 Å². The van der Waals surface area contributed by atoms with Crippen molar-refractivity contribution in [3.63, 3.8) is 0 Å². The molecule has 0 unspecified atom stereocenters. The Balaban J connectivity index is 2.15. The van der Waals surface area contributed by atoms with Crippen LogP contribution in [0.4, 0.5) is 29.3 Å². The molecule has 9 nitrogen and oxygen atoms in total. The highest BCUT2D eigenvalue weighted by Crippen LogP contribution is 2.45. The second-order valence-electron chi connectivity index (χ2n) is 10.1. The summed E-state index contributed by atoms with van der Waals surface area (Å²) in [5, 5.41) is 0. The molecule has 1 amide bonds. The number of halogens is 3. The van der Waals surface area contributed by atoms with Crippen LogP contribution in [-0.4, -0.2) is 55.8 Å². The average Bonchev–Trinajstić information content (AvgIpc) is 3.22. The van der Waals surface area contributed by atoms with Crippen molar-refractivity contribution in [1.29, 1.82) is 0 Å². The lowest BCUT2D eigenvalue weighted by molar-refractivity contribution is -0.141. The van der Waals surface area contributed by atoms with Gasteiger partial charge in [-0.2, -0.15) is 13.2 Å². The highest BCUT2D eigenvalue weighted by Gasteiger charge is 2.39. The Morgan fingerprint density at radius 3 is 2.33 bits per heavy atom. The van der Waals surface area contributed by atoms with Crippen LogP contribution < -0.4 is 9.64 Å². The van der Waals surface area contributed by atoms with Gasteiger partial charge in [0.25, 0.3) is 0 Å². The molecule has 0 saturated heterocycles. The van der Waals surface area contributed by atoms with Gasteiger partial charge < -0.3 is 18.9 Å². The molecule has 0 aromatic heterocycles. The molecule has 216 valence electrons. The zero-order valence-electron chi connectivity index (χ0n) is 22.8. The number of hydrogen-bond donors (Lipinski definition) is 0. The maximum absolute atomic E-state index is 13.9. The van der Waals surface area contributed by atoms with E-state index in [9.17, 15) is 27.6 Å². The number of nitrogens with zero attached hydrogens (tertiary/aromatic N) is 2. The van der Waals surface area contributed by atoms with Crippen LogP contribution in [0.2, 0.25) is 0 Å². The first-order chi connectivity index (χ1) is 18.7. The Bertz CT molecular complexity index is 1270. The number of aliphatic imine (C=N–C) groups is 1. The van der Waals surface area contributed by atoms with E-state index in [0.717, 1.165) is 12.7 Å². The van der Waals surface area contributed by atoms with Gasteiger partial charge in [0.15, 0.2) is 0 Å². The minimum atomic E-state index is -4.94. The number of carbonyl (C=O) groups is 3. The second kappa shape index (κ2) is 12.4. The molecule has 2 aromatic rings. The normalized spacial score (nSPS) is 15.3. The summed E-state index contributed by atoms with van der Waals surface area (Å²) in [6, 6.07) is 11.7.